The van der Waals surface area contributed by atoms with Crippen molar-refractivity contribution in [3.05, 3.63) is 206 Å². The largest absolute Gasteiger partial charge is 0.310 e. The fraction of sp³-hybridized carbons (Fsp3) is 0.0400. The number of rotatable bonds is 6. The van der Waals surface area contributed by atoms with E-state index in [2.05, 4.69) is 210 Å². The van der Waals surface area contributed by atoms with Gasteiger partial charge >= 0.3 is 0 Å². The second-order valence-electron chi connectivity index (χ2n) is 13.7. The topological polar surface area (TPSA) is 8.17 Å². The van der Waals surface area contributed by atoms with Crippen LogP contribution in [0.3, 0.4) is 0 Å². The van der Waals surface area contributed by atoms with Gasteiger partial charge in [0.2, 0.25) is 0 Å². The lowest BCUT2D eigenvalue weighted by Crippen LogP contribution is -2.14. The summed E-state index contributed by atoms with van der Waals surface area (Å²) in [5.74, 6) is 0.300. The summed E-state index contributed by atoms with van der Waals surface area (Å²) in [7, 11) is 0. The van der Waals surface area contributed by atoms with Gasteiger partial charge in [-0.1, -0.05) is 140 Å². The number of allylic oxidation sites excluding steroid dienone is 4. The molecule has 1 unspecified atom stereocenters. The summed E-state index contributed by atoms with van der Waals surface area (Å²) in [6.07, 6.45) is 9.92. The van der Waals surface area contributed by atoms with Crippen LogP contribution in [-0.2, 0) is 0 Å². The van der Waals surface area contributed by atoms with Crippen LogP contribution in [0.25, 0.3) is 60.2 Å². The summed E-state index contributed by atoms with van der Waals surface area (Å²) >= 11 is 0. The van der Waals surface area contributed by atoms with Crippen molar-refractivity contribution in [1.82, 2.24) is 4.57 Å². The van der Waals surface area contributed by atoms with Crippen molar-refractivity contribution in [3.8, 4) is 16.8 Å². The predicted molar refractivity (Wildman–Crippen MR) is 222 cm³/mol. The summed E-state index contributed by atoms with van der Waals surface area (Å²) in [6, 6.07) is 64.5. The molecule has 1 aromatic heterocycles. The number of benzene rings is 8. The molecule has 0 saturated heterocycles. The standard InChI is InChI=1S/C50H36N2/c1-2-14-37(15-3-1)45-21-8-10-23-48(45)51(42-29-27-36(28-30-42)41-26-25-35-13-4-5-16-38(35)31-41)43-19-12-20-44(34-43)52-49-24-11-9-22-46(49)47-32-39-17-6-7-18-40(39)33-50(47)52/h1-14,16-34,37H,15H2. The van der Waals surface area contributed by atoms with E-state index in [4.69, 9.17) is 0 Å². The molecule has 0 spiro atoms. The molecule has 0 fully saturated rings. The Balaban J connectivity index is 1.15. The van der Waals surface area contributed by atoms with Crippen molar-refractivity contribution >= 4 is 60.4 Å². The van der Waals surface area contributed by atoms with Gasteiger partial charge in [-0.15, -0.1) is 0 Å². The highest BCUT2D eigenvalue weighted by Crippen LogP contribution is 2.43. The van der Waals surface area contributed by atoms with Gasteiger partial charge in [0.25, 0.3) is 0 Å². The Bertz CT molecular complexity index is 2830. The van der Waals surface area contributed by atoms with Crippen molar-refractivity contribution in [2.45, 2.75) is 12.3 Å². The number of anilines is 3. The summed E-state index contributed by atoms with van der Waals surface area (Å²) in [5, 5.41) is 7.54. The van der Waals surface area contributed by atoms with Gasteiger partial charge in [0.05, 0.1) is 11.0 Å². The Kier molecular flexibility index (Phi) is 7.32. The zero-order valence-electron chi connectivity index (χ0n) is 28.7. The number of hydrogen-bond donors (Lipinski definition) is 0. The highest BCUT2D eigenvalue weighted by molar-refractivity contribution is 6.13. The van der Waals surface area contributed by atoms with Crippen molar-refractivity contribution in [2.75, 3.05) is 4.90 Å². The molecule has 0 amide bonds. The first-order chi connectivity index (χ1) is 25.8. The molecule has 0 aliphatic heterocycles. The third-order valence-corrected chi connectivity index (χ3v) is 10.7. The second-order valence-corrected chi connectivity index (χ2v) is 13.7. The third kappa shape index (κ3) is 5.20. The zero-order chi connectivity index (χ0) is 34.4. The van der Waals surface area contributed by atoms with Gasteiger partial charge in [0, 0.05) is 39.4 Å². The van der Waals surface area contributed by atoms with E-state index < -0.39 is 0 Å². The molecular weight excluding hydrogens is 629 g/mol. The molecule has 1 aliphatic rings. The van der Waals surface area contributed by atoms with Crippen LogP contribution in [0.1, 0.15) is 17.9 Å². The number of hydrogen-bond acceptors (Lipinski definition) is 1. The number of fused-ring (bicyclic) bond motifs is 5. The average molecular weight is 665 g/mol. The van der Waals surface area contributed by atoms with Crippen LogP contribution in [0.4, 0.5) is 17.1 Å². The minimum absolute atomic E-state index is 0.300. The zero-order valence-corrected chi connectivity index (χ0v) is 28.7. The highest BCUT2D eigenvalue weighted by atomic mass is 15.1. The number of para-hydroxylation sites is 2. The van der Waals surface area contributed by atoms with E-state index >= 15 is 0 Å². The highest BCUT2D eigenvalue weighted by Gasteiger charge is 2.22. The van der Waals surface area contributed by atoms with Crippen LogP contribution in [0.15, 0.2) is 200 Å². The minimum atomic E-state index is 0.300. The quantitative estimate of drug-likeness (QED) is 0.172. The van der Waals surface area contributed by atoms with E-state index in [0.29, 0.717) is 5.92 Å². The van der Waals surface area contributed by atoms with Crippen molar-refractivity contribution in [3.63, 3.8) is 0 Å². The monoisotopic (exact) mass is 664 g/mol. The first kappa shape index (κ1) is 30.2. The number of nitrogens with zero attached hydrogens (tertiary/aromatic N) is 2. The molecule has 10 rings (SSSR count). The van der Waals surface area contributed by atoms with Gasteiger partial charge in [0.1, 0.15) is 0 Å². The maximum Gasteiger partial charge on any atom is 0.0547 e. The molecule has 246 valence electrons. The molecule has 1 heterocycles. The van der Waals surface area contributed by atoms with Crippen LogP contribution in [0.2, 0.25) is 0 Å². The van der Waals surface area contributed by atoms with Gasteiger partial charge < -0.3 is 9.47 Å². The molecule has 8 aromatic carbocycles. The fourth-order valence-electron chi connectivity index (χ4n) is 8.12. The van der Waals surface area contributed by atoms with E-state index in [-0.39, 0.29) is 0 Å². The van der Waals surface area contributed by atoms with Crippen molar-refractivity contribution in [1.29, 1.82) is 0 Å². The Morgan fingerprint density at radius 1 is 0.462 bits per heavy atom. The summed E-state index contributed by atoms with van der Waals surface area (Å²) < 4.78 is 2.43. The Morgan fingerprint density at radius 2 is 1.17 bits per heavy atom. The van der Waals surface area contributed by atoms with Gasteiger partial charge in [-0.3, -0.25) is 0 Å². The van der Waals surface area contributed by atoms with E-state index in [1.807, 2.05) is 0 Å². The first-order valence-electron chi connectivity index (χ1n) is 18.1. The van der Waals surface area contributed by atoms with Gasteiger partial charge in [0.15, 0.2) is 0 Å². The molecule has 52 heavy (non-hydrogen) atoms. The van der Waals surface area contributed by atoms with Crippen LogP contribution >= 0.6 is 0 Å². The molecule has 2 heteroatoms. The SMILES string of the molecule is C1=CCC(c2ccccc2N(c2ccc(-c3ccc4ccccc4c3)cc2)c2cccc(-n3c4ccccc4c4cc5ccccc5cc43)c2)C=C1. The van der Waals surface area contributed by atoms with Crippen LogP contribution in [0, 0.1) is 0 Å². The Morgan fingerprint density at radius 3 is 2.00 bits per heavy atom. The van der Waals surface area contributed by atoms with Gasteiger partial charge in [-0.25, -0.2) is 0 Å². The van der Waals surface area contributed by atoms with Gasteiger partial charge in [-0.05, 0) is 105 Å². The lowest BCUT2D eigenvalue weighted by Gasteiger charge is -2.30. The van der Waals surface area contributed by atoms with Gasteiger partial charge in [-0.2, -0.15) is 0 Å². The maximum atomic E-state index is 2.44. The normalized spacial score (nSPS) is 14.1. The Hall–Kier alpha value is -6.64. The van der Waals surface area contributed by atoms with Crippen LogP contribution in [0.5, 0.6) is 0 Å². The third-order valence-electron chi connectivity index (χ3n) is 10.7. The van der Waals surface area contributed by atoms with E-state index in [1.165, 1.54) is 65.7 Å². The molecular formula is C50H36N2. The molecule has 9 aromatic rings. The lowest BCUT2D eigenvalue weighted by molar-refractivity contribution is 0.852. The van der Waals surface area contributed by atoms with Crippen molar-refractivity contribution < 1.29 is 0 Å². The fourth-order valence-corrected chi connectivity index (χ4v) is 8.12. The summed E-state index contributed by atoms with van der Waals surface area (Å²) in [6.45, 7) is 0. The smallest absolute Gasteiger partial charge is 0.0547 e. The molecule has 0 bridgehead atoms. The van der Waals surface area contributed by atoms with Crippen LogP contribution in [-0.4, -0.2) is 4.57 Å². The van der Waals surface area contributed by atoms with Crippen LogP contribution < -0.4 is 4.90 Å². The Labute approximate surface area is 303 Å². The molecule has 2 nitrogen and oxygen atoms in total. The molecule has 1 atom stereocenters. The minimum Gasteiger partial charge on any atom is -0.310 e. The molecule has 0 saturated carbocycles. The lowest BCUT2D eigenvalue weighted by atomic mass is 9.90. The molecule has 0 N–H and O–H groups in total. The second kappa shape index (κ2) is 12.6. The van der Waals surface area contributed by atoms with Crippen molar-refractivity contribution in [2.24, 2.45) is 0 Å². The van der Waals surface area contributed by atoms with E-state index in [9.17, 15) is 0 Å². The molecule has 1 aliphatic carbocycles. The predicted octanol–water partition coefficient (Wildman–Crippen LogP) is 13.8. The first-order valence-corrected chi connectivity index (χ1v) is 18.1. The van der Waals surface area contributed by atoms with E-state index in [1.54, 1.807) is 0 Å². The summed E-state index contributed by atoms with van der Waals surface area (Å²) in [5.41, 5.74) is 10.7. The average Bonchev–Trinajstić information content (AvgIpc) is 3.54. The maximum absolute atomic E-state index is 2.44. The molecule has 0 radical (unpaired) electrons. The summed E-state index contributed by atoms with van der Waals surface area (Å²) in [4.78, 5) is 2.44. The number of aromatic nitrogens is 1. The van der Waals surface area contributed by atoms with E-state index in [0.717, 1.165) is 23.5 Å².